The van der Waals surface area contributed by atoms with Crippen molar-refractivity contribution in [1.29, 1.82) is 0 Å². The van der Waals surface area contributed by atoms with E-state index in [-0.39, 0.29) is 11.1 Å². The monoisotopic (exact) mass is 303 g/mol. The highest BCUT2D eigenvalue weighted by Crippen LogP contribution is 2.38. The van der Waals surface area contributed by atoms with Gasteiger partial charge in [0.25, 0.3) is 0 Å². The van der Waals surface area contributed by atoms with Gasteiger partial charge in [0.1, 0.15) is 0 Å². The summed E-state index contributed by atoms with van der Waals surface area (Å²) in [5.41, 5.74) is 1.46. The van der Waals surface area contributed by atoms with Gasteiger partial charge in [-0.1, -0.05) is 48.5 Å². The van der Waals surface area contributed by atoms with Crippen LogP contribution >= 0.6 is 0 Å². The van der Waals surface area contributed by atoms with Crippen LogP contribution in [0.5, 0.6) is 0 Å². The Bertz CT molecular complexity index is 757. The standard InChI is InChI=1S/C18H16F3N/c19-18(20,21)17-14-10-4-5-11-15(14)22-16(17)12-6-9-13-7-2-1-3-8-13/h1-5,7-8,10-11,22H,6,9,12H2. The molecule has 22 heavy (non-hydrogen) atoms. The topological polar surface area (TPSA) is 15.8 Å². The number of fused-ring (bicyclic) bond motifs is 1. The Hall–Kier alpha value is -2.23. The van der Waals surface area contributed by atoms with E-state index >= 15 is 0 Å². The summed E-state index contributed by atoms with van der Waals surface area (Å²) in [5.74, 6) is 0. The van der Waals surface area contributed by atoms with Gasteiger partial charge in [-0.15, -0.1) is 0 Å². The van der Waals surface area contributed by atoms with Gasteiger partial charge in [0.2, 0.25) is 0 Å². The number of benzene rings is 2. The van der Waals surface area contributed by atoms with Gasteiger partial charge in [0.15, 0.2) is 0 Å². The fourth-order valence-corrected chi connectivity index (χ4v) is 2.82. The molecule has 0 aliphatic carbocycles. The van der Waals surface area contributed by atoms with Crippen LogP contribution in [0.15, 0.2) is 54.6 Å². The Morgan fingerprint density at radius 1 is 0.818 bits per heavy atom. The molecule has 114 valence electrons. The number of nitrogens with one attached hydrogen (secondary N) is 1. The quantitative estimate of drug-likeness (QED) is 0.667. The van der Waals surface area contributed by atoms with Crippen molar-refractivity contribution >= 4 is 10.9 Å². The number of aromatic amines is 1. The van der Waals surface area contributed by atoms with Crippen LogP contribution in [0, 0.1) is 0 Å². The normalized spacial score (nSPS) is 12.0. The Kier molecular flexibility index (Phi) is 3.92. The first-order chi connectivity index (χ1) is 10.6. The summed E-state index contributed by atoms with van der Waals surface area (Å²) in [7, 11) is 0. The molecule has 1 nitrogen and oxygen atoms in total. The fourth-order valence-electron chi connectivity index (χ4n) is 2.82. The molecule has 0 aliphatic rings. The Labute approximate surface area is 126 Å². The van der Waals surface area contributed by atoms with E-state index in [1.54, 1.807) is 18.2 Å². The number of para-hydroxylation sites is 1. The summed E-state index contributed by atoms with van der Waals surface area (Å²) in [4.78, 5) is 2.94. The van der Waals surface area contributed by atoms with Gasteiger partial charge in [0.05, 0.1) is 5.56 Å². The molecule has 0 saturated heterocycles. The molecule has 1 heterocycles. The first-order valence-electron chi connectivity index (χ1n) is 7.26. The molecule has 0 atom stereocenters. The van der Waals surface area contributed by atoms with Crippen molar-refractivity contribution in [3.05, 3.63) is 71.4 Å². The van der Waals surface area contributed by atoms with Crippen molar-refractivity contribution < 1.29 is 13.2 Å². The largest absolute Gasteiger partial charge is 0.418 e. The first kappa shape index (κ1) is 14.7. The van der Waals surface area contributed by atoms with Gasteiger partial charge in [-0.3, -0.25) is 0 Å². The predicted octanol–water partition coefficient (Wildman–Crippen LogP) is 5.36. The molecule has 0 aliphatic heterocycles. The summed E-state index contributed by atoms with van der Waals surface area (Å²) < 4.78 is 40.0. The van der Waals surface area contributed by atoms with E-state index in [2.05, 4.69) is 4.98 Å². The van der Waals surface area contributed by atoms with Gasteiger partial charge < -0.3 is 4.98 Å². The third-order valence-corrected chi connectivity index (χ3v) is 3.80. The predicted molar refractivity (Wildman–Crippen MR) is 81.8 cm³/mol. The Balaban J connectivity index is 1.84. The molecule has 3 rings (SSSR count). The number of hydrogen-bond donors (Lipinski definition) is 1. The van der Waals surface area contributed by atoms with E-state index in [9.17, 15) is 13.2 Å². The maximum Gasteiger partial charge on any atom is 0.418 e. The second-order valence-electron chi connectivity index (χ2n) is 5.36. The van der Waals surface area contributed by atoms with Crippen molar-refractivity contribution in [2.75, 3.05) is 0 Å². The third-order valence-electron chi connectivity index (χ3n) is 3.80. The minimum absolute atomic E-state index is 0.254. The lowest BCUT2D eigenvalue weighted by atomic mass is 10.0. The molecule has 0 spiro atoms. The SMILES string of the molecule is FC(F)(F)c1c(CCCc2ccccc2)[nH]c2ccccc12. The van der Waals surface area contributed by atoms with Gasteiger partial charge in [-0.2, -0.15) is 13.2 Å². The van der Waals surface area contributed by atoms with Crippen LogP contribution in [0.4, 0.5) is 13.2 Å². The minimum atomic E-state index is -4.33. The maximum absolute atomic E-state index is 13.3. The highest BCUT2D eigenvalue weighted by Gasteiger charge is 2.36. The van der Waals surface area contributed by atoms with E-state index in [1.165, 1.54) is 6.07 Å². The van der Waals surface area contributed by atoms with Gasteiger partial charge in [0, 0.05) is 16.6 Å². The van der Waals surface area contributed by atoms with E-state index in [4.69, 9.17) is 0 Å². The zero-order chi connectivity index (χ0) is 15.6. The summed E-state index contributed by atoms with van der Waals surface area (Å²) >= 11 is 0. The molecule has 4 heteroatoms. The van der Waals surface area contributed by atoms with Crippen molar-refractivity contribution in [3.8, 4) is 0 Å². The molecule has 3 aromatic rings. The average Bonchev–Trinajstić information content (AvgIpc) is 2.86. The number of aromatic nitrogens is 1. The Morgan fingerprint density at radius 2 is 1.50 bits per heavy atom. The van der Waals surface area contributed by atoms with Crippen LogP contribution in [0.3, 0.4) is 0 Å². The Morgan fingerprint density at radius 3 is 2.23 bits per heavy atom. The van der Waals surface area contributed by atoms with Gasteiger partial charge in [-0.05, 0) is 30.9 Å². The smallest absolute Gasteiger partial charge is 0.358 e. The van der Waals surface area contributed by atoms with Crippen molar-refractivity contribution in [2.45, 2.75) is 25.4 Å². The fraction of sp³-hybridized carbons (Fsp3) is 0.222. The lowest BCUT2D eigenvalue weighted by molar-refractivity contribution is -0.136. The minimum Gasteiger partial charge on any atom is -0.358 e. The molecule has 0 saturated carbocycles. The number of hydrogen-bond acceptors (Lipinski definition) is 0. The molecule has 1 aromatic heterocycles. The second-order valence-corrected chi connectivity index (χ2v) is 5.36. The highest BCUT2D eigenvalue weighted by molar-refractivity contribution is 5.85. The lowest BCUT2D eigenvalue weighted by Crippen LogP contribution is -2.08. The molecule has 1 N–H and O–H groups in total. The summed E-state index contributed by atoms with van der Waals surface area (Å²) in [6.07, 6.45) is -2.49. The van der Waals surface area contributed by atoms with Crippen LogP contribution in [0.2, 0.25) is 0 Å². The molecule has 0 unspecified atom stereocenters. The van der Waals surface area contributed by atoms with E-state index < -0.39 is 11.7 Å². The first-order valence-corrected chi connectivity index (χ1v) is 7.26. The number of alkyl halides is 3. The average molecular weight is 303 g/mol. The third kappa shape index (κ3) is 3.01. The lowest BCUT2D eigenvalue weighted by Gasteiger charge is -2.09. The van der Waals surface area contributed by atoms with E-state index in [0.717, 1.165) is 12.0 Å². The summed E-state index contributed by atoms with van der Waals surface area (Å²) in [6, 6.07) is 16.4. The number of halogens is 3. The van der Waals surface area contributed by atoms with E-state index in [1.807, 2.05) is 30.3 Å². The zero-order valence-electron chi connectivity index (χ0n) is 12.0. The van der Waals surface area contributed by atoms with Crippen LogP contribution < -0.4 is 0 Å². The van der Waals surface area contributed by atoms with Crippen molar-refractivity contribution in [2.24, 2.45) is 0 Å². The number of H-pyrrole nitrogens is 1. The van der Waals surface area contributed by atoms with Gasteiger partial charge >= 0.3 is 6.18 Å². The zero-order valence-corrected chi connectivity index (χ0v) is 12.0. The summed E-state index contributed by atoms with van der Waals surface area (Å²) in [6.45, 7) is 0. The molecular weight excluding hydrogens is 287 g/mol. The molecule has 0 fully saturated rings. The molecular formula is C18H16F3N. The second kappa shape index (κ2) is 5.87. The highest BCUT2D eigenvalue weighted by atomic mass is 19.4. The van der Waals surface area contributed by atoms with Gasteiger partial charge in [-0.25, -0.2) is 0 Å². The van der Waals surface area contributed by atoms with Crippen LogP contribution in [-0.2, 0) is 19.0 Å². The summed E-state index contributed by atoms with van der Waals surface area (Å²) in [5, 5.41) is 0.254. The molecule has 0 radical (unpaired) electrons. The number of rotatable bonds is 4. The van der Waals surface area contributed by atoms with Crippen molar-refractivity contribution in [3.63, 3.8) is 0 Å². The molecule has 0 bridgehead atoms. The van der Waals surface area contributed by atoms with Crippen LogP contribution in [0.25, 0.3) is 10.9 Å². The van der Waals surface area contributed by atoms with Crippen molar-refractivity contribution in [1.82, 2.24) is 4.98 Å². The molecule has 0 amide bonds. The number of aryl methyl sites for hydroxylation is 2. The van der Waals surface area contributed by atoms with E-state index in [0.29, 0.717) is 18.4 Å². The van der Waals surface area contributed by atoms with Crippen LogP contribution in [-0.4, -0.2) is 4.98 Å². The van der Waals surface area contributed by atoms with Crippen LogP contribution in [0.1, 0.15) is 23.2 Å². The molecule has 2 aromatic carbocycles. The maximum atomic E-state index is 13.3.